The lowest BCUT2D eigenvalue weighted by molar-refractivity contribution is -0.137. The number of hydrogen-bond donors (Lipinski definition) is 1. The molecule has 0 aromatic carbocycles. The topological polar surface area (TPSA) is 49.8 Å². The van der Waals surface area contributed by atoms with Crippen LogP contribution in [0.15, 0.2) is 0 Å². The normalized spacial score (nSPS) is 27.9. The van der Waals surface area contributed by atoms with Crippen molar-refractivity contribution in [2.75, 3.05) is 27.3 Å². The van der Waals surface area contributed by atoms with Gasteiger partial charge in [0.05, 0.1) is 6.61 Å². The summed E-state index contributed by atoms with van der Waals surface area (Å²) < 4.78 is 5.38. The number of nitrogens with zero attached hydrogens (tertiary/aromatic N) is 1. The molecule has 1 heterocycles. The molecule has 0 aliphatic carbocycles. The lowest BCUT2D eigenvalue weighted by atomic mass is 9.90. The molecule has 0 aromatic rings. The molecular weight excluding hydrogens is 182 g/mol. The fraction of sp³-hybridized carbons (Fsp3) is 0.900. The minimum absolute atomic E-state index is 0.248. The monoisotopic (exact) mass is 201 g/mol. The Morgan fingerprint density at radius 2 is 2.29 bits per heavy atom. The molecule has 1 aliphatic heterocycles. The molecule has 2 unspecified atom stereocenters. The molecule has 1 rings (SSSR count). The Morgan fingerprint density at radius 1 is 1.57 bits per heavy atom. The number of aliphatic carboxylic acids is 1. The average molecular weight is 201 g/mol. The second-order valence-corrected chi connectivity index (χ2v) is 4.09. The van der Waals surface area contributed by atoms with E-state index >= 15 is 0 Å². The molecule has 0 saturated carbocycles. The Bertz CT molecular complexity index is 194. The van der Waals surface area contributed by atoms with Gasteiger partial charge in [0.15, 0.2) is 0 Å². The molecule has 0 radical (unpaired) electrons. The average Bonchev–Trinajstić information content (AvgIpc) is 2.15. The van der Waals surface area contributed by atoms with E-state index in [1.165, 1.54) is 0 Å². The Balaban J connectivity index is 2.41. The molecule has 1 fully saturated rings. The van der Waals surface area contributed by atoms with Crippen LogP contribution in [-0.4, -0.2) is 49.3 Å². The van der Waals surface area contributed by atoms with E-state index in [-0.39, 0.29) is 6.42 Å². The van der Waals surface area contributed by atoms with Gasteiger partial charge in [-0.15, -0.1) is 0 Å². The van der Waals surface area contributed by atoms with Gasteiger partial charge in [-0.05, 0) is 32.9 Å². The third-order valence-electron chi connectivity index (χ3n) is 2.83. The largest absolute Gasteiger partial charge is 0.481 e. The van der Waals surface area contributed by atoms with Crippen molar-refractivity contribution in [1.82, 2.24) is 4.90 Å². The number of carboxylic acids is 1. The number of rotatable bonds is 4. The predicted octanol–water partition coefficient (Wildman–Crippen LogP) is 0.818. The molecular formula is C10H19NO3. The van der Waals surface area contributed by atoms with Crippen molar-refractivity contribution in [2.24, 2.45) is 5.92 Å². The summed E-state index contributed by atoms with van der Waals surface area (Å²) in [5.74, 6) is -0.345. The fourth-order valence-corrected chi connectivity index (χ4v) is 2.05. The van der Waals surface area contributed by atoms with E-state index in [1.807, 2.05) is 14.1 Å². The van der Waals surface area contributed by atoms with Gasteiger partial charge in [-0.1, -0.05) is 0 Å². The fourth-order valence-electron chi connectivity index (χ4n) is 2.05. The van der Waals surface area contributed by atoms with Gasteiger partial charge in [0.2, 0.25) is 0 Å². The van der Waals surface area contributed by atoms with Crippen LogP contribution in [0.5, 0.6) is 0 Å². The quantitative estimate of drug-likeness (QED) is 0.731. The smallest absolute Gasteiger partial charge is 0.303 e. The van der Waals surface area contributed by atoms with Crippen LogP contribution in [0.25, 0.3) is 0 Å². The first-order valence-electron chi connectivity index (χ1n) is 5.07. The second-order valence-electron chi connectivity index (χ2n) is 4.09. The van der Waals surface area contributed by atoms with E-state index in [4.69, 9.17) is 9.84 Å². The molecule has 0 aromatic heterocycles. The van der Waals surface area contributed by atoms with Crippen LogP contribution in [0, 0.1) is 5.92 Å². The summed E-state index contributed by atoms with van der Waals surface area (Å²) in [4.78, 5) is 12.6. The summed E-state index contributed by atoms with van der Waals surface area (Å²) in [7, 11) is 4.09. The van der Waals surface area contributed by atoms with Crippen LogP contribution in [0.4, 0.5) is 0 Å². The summed E-state index contributed by atoms with van der Waals surface area (Å²) in [6.07, 6.45) is 1.98. The predicted molar refractivity (Wildman–Crippen MR) is 53.3 cm³/mol. The summed E-state index contributed by atoms with van der Waals surface area (Å²) in [5, 5.41) is 8.61. The van der Waals surface area contributed by atoms with Gasteiger partial charge in [0.1, 0.15) is 0 Å². The van der Waals surface area contributed by atoms with Crippen LogP contribution < -0.4 is 0 Å². The van der Waals surface area contributed by atoms with Gasteiger partial charge in [-0.25, -0.2) is 0 Å². The first-order valence-corrected chi connectivity index (χ1v) is 5.07. The Morgan fingerprint density at radius 3 is 2.86 bits per heavy atom. The van der Waals surface area contributed by atoms with E-state index in [0.29, 0.717) is 18.6 Å². The summed E-state index contributed by atoms with van der Waals surface area (Å²) in [6, 6.07) is 0.475. The first-order chi connectivity index (χ1) is 6.61. The highest BCUT2D eigenvalue weighted by atomic mass is 16.5. The molecule has 4 nitrogen and oxygen atoms in total. The van der Waals surface area contributed by atoms with Crippen molar-refractivity contribution in [2.45, 2.75) is 25.3 Å². The van der Waals surface area contributed by atoms with Crippen molar-refractivity contribution < 1.29 is 14.6 Å². The van der Waals surface area contributed by atoms with Gasteiger partial charge in [0.25, 0.3) is 0 Å². The second kappa shape index (κ2) is 5.32. The van der Waals surface area contributed by atoms with Gasteiger partial charge in [-0.2, -0.15) is 0 Å². The van der Waals surface area contributed by atoms with Crippen LogP contribution in [0.2, 0.25) is 0 Å². The number of carbonyl (C=O) groups is 1. The minimum Gasteiger partial charge on any atom is -0.481 e. The molecule has 2 atom stereocenters. The van der Waals surface area contributed by atoms with Crippen LogP contribution in [-0.2, 0) is 9.53 Å². The van der Waals surface area contributed by atoms with E-state index in [1.54, 1.807) is 0 Å². The van der Waals surface area contributed by atoms with Gasteiger partial charge >= 0.3 is 5.97 Å². The lowest BCUT2D eigenvalue weighted by Gasteiger charge is -2.35. The zero-order valence-corrected chi connectivity index (χ0v) is 8.90. The molecule has 0 bridgehead atoms. The van der Waals surface area contributed by atoms with Crippen molar-refractivity contribution in [3.8, 4) is 0 Å². The highest BCUT2D eigenvalue weighted by Gasteiger charge is 2.27. The molecule has 1 N–H and O–H groups in total. The number of carboxylic acid groups (broad SMARTS) is 1. The van der Waals surface area contributed by atoms with Crippen LogP contribution >= 0.6 is 0 Å². The SMILES string of the molecule is CN(C)C1CCOCC1CCC(=O)O. The Kier molecular flexibility index (Phi) is 4.35. The standard InChI is InChI=1S/C10H19NO3/c1-11(2)9-5-6-14-7-8(9)3-4-10(12)13/h8-9H,3-7H2,1-2H3,(H,12,13). The number of ether oxygens (including phenoxy) is 1. The minimum atomic E-state index is -0.715. The summed E-state index contributed by atoms with van der Waals surface area (Å²) in [5.41, 5.74) is 0. The van der Waals surface area contributed by atoms with E-state index in [0.717, 1.165) is 19.4 Å². The molecule has 0 spiro atoms. The molecule has 1 aliphatic rings. The molecule has 82 valence electrons. The zero-order valence-electron chi connectivity index (χ0n) is 8.90. The van der Waals surface area contributed by atoms with Gasteiger partial charge in [0, 0.05) is 19.1 Å². The number of hydrogen-bond acceptors (Lipinski definition) is 3. The third-order valence-corrected chi connectivity index (χ3v) is 2.83. The Hall–Kier alpha value is -0.610. The maximum absolute atomic E-state index is 10.5. The molecule has 0 amide bonds. The lowest BCUT2D eigenvalue weighted by Crippen LogP contribution is -2.42. The van der Waals surface area contributed by atoms with E-state index < -0.39 is 5.97 Å². The molecule has 1 saturated heterocycles. The van der Waals surface area contributed by atoms with Crippen LogP contribution in [0.1, 0.15) is 19.3 Å². The highest BCUT2D eigenvalue weighted by molar-refractivity contribution is 5.66. The van der Waals surface area contributed by atoms with Gasteiger partial charge in [-0.3, -0.25) is 4.79 Å². The maximum Gasteiger partial charge on any atom is 0.303 e. The van der Waals surface area contributed by atoms with Crippen molar-refractivity contribution in [3.05, 3.63) is 0 Å². The van der Waals surface area contributed by atoms with E-state index in [2.05, 4.69) is 4.90 Å². The molecule has 14 heavy (non-hydrogen) atoms. The van der Waals surface area contributed by atoms with Crippen LogP contribution in [0.3, 0.4) is 0 Å². The summed E-state index contributed by atoms with van der Waals surface area (Å²) >= 11 is 0. The van der Waals surface area contributed by atoms with Crippen molar-refractivity contribution >= 4 is 5.97 Å². The first kappa shape index (κ1) is 11.5. The van der Waals surface area contributed by atoms with Gasteiger partial charge < -0.3 is 14.7 Å². The Labute approximate surface area is 84.8 Å². The molecule has 4 heteroatoms. The van der Waals surface area contributed by atoms with E-state index in [9.17, 15) is 4.79 Å². The van der Waals surface area contributed by atoms with Crippen molar-refractivity contribution in [1.29, 1.82) is 0 Å². The maximum atomic E-state index is 10.5. The van der Waals surface area contributed by atoms with Crippen molar-refractivity contribution in [3.63, 3.8) is 0 Å². The zero-order chi connectivity index (χ0) is 10.6. The highest BCUT2D eigenvalue weighted by Crippen LogP contribution is 2.22. The summed E-state index contributed by atoms with van der Waals surface area (Å²) in [6.45, 7) is 1.50. The third kappa shape index (κ3) is 3.27.